The number of aryl methyl sites for hydroxylation is 1. The summed E-state index contributed by atoms with van der Waals surface area (Å²) in [5.74, 6) is 0.195. The maximum Gasteiger partial charge on any atom is 0.246 e. The first-order valence-electron chi connectivity index (χ1n) is 8.02. The monoisotopic (exact) mass is 416 g/mol. The SMILES string of the molecule is COc1ccc(NC(=O)CN(C)C(=O)C=Cc2ccc(C)cc2Br)cc1. The van der Waals surface area contributed by atoms with Crippen molar-refractivity contribution in [3.63, 3.8) is 0 Å². The van der Waals surface area contributed by atoms with E-state index in [0.717, 1.165) is 15.6 Å². The van der Waals surface area contributed by atoms with E-state index >= 15 is 0 Å². The van der Waals surface area contributed by atoms with Crippen molar-refractivity contribution in [2.24, 2.45) is 0 Å². The normalized spacial score (nSPS) is 10.6. The molecule has 0 saturated heterocycles. The lowest BCUT2D eigenvalue weighted by atomic mass is 10.1. The quantitative estimate of drug-likeness (QED) is 0.726. The molecule has 0 spiro atoms. The molecule has 0 aromatic heterocycles. The Hall–Kier alpha value is -2.60. The predicted molar refractivity (Wildman–Crippen MR) is 107 cm³/mol. The van der Waals surface area contributed by atoms with Crippen molar-refractivity contribution < 1.29 is 14.3 Å². The van der Waals surface area contributed by atoms with Gasteiger partial charge < -0.3 is 15.0 Å². The highest BCUT2D eigenvalue weighted by Gasteiger charge is 2.11. The summed E-state index contributed by atoms with van der Waals surface area (Å²) in [6.45, 7) is 1.96. The van der Waals surface area contributed by atoms with Crippen LogP contribution in [0.15, 0.2) is 53.0 Å². The maximum absolute atomic E-state index is 12.2. The summed E-state index contributed by atoms with van der Waals surface area (Å²) in [7, 11) is 3.17. The Morgan fingerprint density at radius 2 is 1.88 bits per heavy atom. The highest BCUT2D eigenvalue weighted by Crippen LogP contribution is 2.19. The number of carbonyl (C=O) groups excluding carboxylic acids is 2. The summed E-state index contributed by atoms with van der Waals surface area (Å²) in [6, 6.07) is 12.9. The van der Waals surface area contributed by atoms with Crippen LogP contribution in [0, 0.1) is 6.92 Å². The highest BCUT2D eigenvalue weighted by atomic mass is 79.9. The molecule has 136 valence electrons. The number of anilines is 1. The van der Waals surface area contributed by atoms with E-state index in [1.807, 2.05) is 25.1 Å². The molecule has 5 nitrogen and oxygen atoms in total. The minimum Gasteiger partial charge on any atom is -0.497 e. The van der Waals surface area contributed by atoms with Crippen molar-refractivity contribution >= 4 is 39.5 Å². The van der Waals surface area contributed by atoms with Gasteiger partial charge in [-0.3, -0.25) is 9.59 Å². The summed E-state index contributed by atoms with van der Waals surface area (Å²) < 4.78 is 5.99. The third-order valence-corrected chi connectivity index (χ3v) is 4.38. The Labute approximate surface area is 161 Å². The molecule has 1 N–H and O–H groups in total. The van der Waals surface area contributed by atoms with Crippen LogP contribution in [0.2, 0.25) is 0 Å². The van der Waals surface area contributed by atoms with E-state index in [1.54, 1.807) is 44.5 Å². The number of nitrogens with zero attached hydrogens (tertiary/aromatic N) is 1. The number of carbonyl (C=O) groups is 2. The lowest BCUT2D eigenvalue weighted by Gasteiger charge is -2.15. The molecule has 0 aliphatic rings. The van der Waals surface area contributed by atoms with Gasteiger partial charge in [0.05, 0.1) is 13.7 Å². The zero-order chi connectivity index (χ0) is 19.1. The third-order valence-electron chi connectivity index (χ3n) is 3.69. The van der Waals surface area contributed by atoms with Crippen molar-refractivity contribution in [3.8, 4) is 5.75 Å². The summed E-state index contributed by atoms with van der Waals surface area (Å²) in [4.78, 5) is 25.6. The highest BCUT2D eigenvalue weighted by molar-refractivity contribution is 9.10. The smallest absolute Gasteiger partial charge is 0.246 e. The summed E-state index contributed by atoms with van der Waals surface area (Å²) in [5, 5.41) is 2.75. The number of amides is 2. The molecule has 0 aliphatic carbocycles. The predicted octanol–water partition coefficient (Wildman–Crippen LogP) is 3.88. The standard InChI is InChI=1S/C20H21BrN2O3/c1-14-4-5-15(18(21)12-14)6-11-20(25)23(2)13-19(24)22-16-7-9-17(26-3)10-8-16/h4-12H,13H2,1-3H3,(H,22,24). The molecule has 0 radical (unpaired) electrons. The second-order valence-corrected chi connectivity index (χ2v) is 6.68. The van der Waals surface area contributed by atoms with Gasteiger partial charge in [-0.05, 0) is 54.5 Å². The van der Waals surface area contributed by atoms with E-state index in [4.69, 9.17) is 4.74 Å². The number of ether oxygens (including phenoxy) is 1. The zero-order valence-electron chi connectivity index (χ0n) is 15.0. The largest absolute Gasteiger partial charge is 0.497 e. The first-order chi connectivity index (χ1) is 12.4. The number of nitrogens with one attached hydrogen (secondary N) is 1. The minimum absolute atomic E-state index is 0.0374. The zero-order valence-corrected chi connectivity index (χ0v) is 16.5. The molecule has 6 heteroatoms. The van der Waals surface area contributed by atoms with E-state index in [1.165, 1.54) is 11.0 Å². The van der Waals surface area contributed by atoms with E-state index in [9.17, 15) is 9.59 Å². The van der Waals surface area contributed by atoms with Gasteiger partial charge in [-0.25, -0.2) is 0 Å². The lowest BCUT2D eigenvalue weighted by Crippen LogP contribution is -2.33. The topological polar surface area (TPSA) is 58.6 Å². The number of benzene rings is 2. The lowest BCUT2D eigenvalue weighted by molar-refractivity contribution is -0.129. The molecule has 0 aliphatic heterocycles. The number of halogens is 1. The molecule has 0 unspecified atom stereocenters. The van der Waals surface area contributed by atoms with Gasteiger partial charge in [0, 0.05) is 23.3 Å². The van der Waals surface area contributed by atoms with Crippen molar-refractivity contribution in [1.82, 2.24) is 4.90 Å². The van der Waals surface area contributed by atoms with Crippen molar-refractivity contribution in [2.45, 2.75) is 6.92 Å². The summed E-state index contributed by atoms with van der Waals surface area (Å²) in [6.07, 6.45) is 3.18. The molecule has 26 heavy (non-hydrogen) atoms. The van der Waals surface area contributed by atoms with Crippen LogP contribution < -0.4 is 10.1 Å². The Morgan fingerprint density at radius 3 is 2.50 bits per heavy atom. The fourth-order valence-electron chi connectivity index (χ4n) is 2.22. The second-order valence-electron chi connectivity index (χ2n) is 5.83. The third kappa shape index (κ3) is 5.74. The van der Waals surface area contributed by atoms with Gasteiger partial charge in [-0.1, -0.05) is 28.1 Å². The minimum atomic E-state index is -0.268. The fraction of sp³-hybridized carbons (Fsp3) is 0.200. The molecule has 0 fully saturated rings. The molecule has 2 rings (SSSR count). The molecule has 0 heterocycles. The fourth-order valence-corrected chi connectivity index (χ4v) is 2.85. The molecule has 0 bridgehead atoms. The van der Waals surface area contributed by atoms with Gasteiger partial charge >= 0.3 is 0 Å². The molecular formula is C20H21BrN2O3. The van der Waals surface area contributed by atoms with Crippen molar-refractivity contribution in [2.75, 3.05) is 26.0 Å². The number of hydrogen-bond acceptors (Lipinski definition) is 3. The molecule has 0 saturated carbocycles. The summed E-state index contributed by atoms with van der Waals surface area (Å²) in [5.41, 5.74) is 2.68. The van der Waals surface area contributed by atoms with E-state index in [-0.39, 0.29) is 18.4 Å². The van der Waals surface area contributed by atoms with Gasteiger partial charge in [-0.15, -0.1) is 0 Å². The first-order valence-corrected chi connectivity index (χ1v) is 8.81. The summed E-state index contributed by atoms with van der Waals surface area (Å²) >= 11 is 3.47. The van der Waals surface area contributed by atoms with Gasteiger partial charge in [-0.2, -0.15) is 0 Å². The van der Waals surface area contributed by atoms with Gasteiger partial charge in [0.2, 0.25) is 11.8 Å². The van der Waals surface area contributed by atoms with Crippen molar-refractivity contribution in [3.05, 3.63) is 64.1 Å². The van der Waals surface area contributed by atoms with Crippen LogP contribution in [0.5, 0.6) is 5.75 Å². The van der Waals surface area contributed by atoms with Crippen LogP contribution in [0.1, 0.15) is 11.1 Å². The van der Waals surface area contributed by atoms with Crippen LogP contribution in [-0.4, -0.2) is 37.4 Å². The van der Waals surface area contributed by atoms with Crippen LogP contribution in [0.3, 0.4) is 0 Å². The van der Waals surface area contributed by atoms with Crippen LogP contribution in [0.25, 0.3) is 6.08 Å². The van der Waals surface area contributed by atoms with Gasteiger partial charge in [0.25, 0.3) is 0 Å². The maximum atomic E-state index is 12.2. The first kappa shape index (κ1) is 19.7. The molecule has 0 atom stereocenters. The number of hydrogen-bond donors (Lipinski definition) is 1. The molecule has 2 amide bonds. The Kier molecular flexibility index (Phi) is 6.97. The average Bonchev–Trinajstić information content (AvgIpc) is 2.61. The van der Waals surface area contributed by atoms with E-state index in [0.29, 0.717) is 11.4 Å². The Bertz CT molecular complexity index is 816. The van der Waals surface area contributed by atoms with Gasteiger partial charge in [0.1, 0.15) is 5.75 Å². The molecule has 2 aromatic carbocycles. The van der Waals surface area contributed by atoms with E-state index < -0.39 is 0 Å². The second kappa shape index (κ2) is 9.20. The van der Waals surface area contributed by atoms with Crippen LogP contribution in [0.4, 0.5) is 5.69 Å². The van der Waals surface area contributed by atoms with Crippen molar-refractivity contribution in [1.29, 1.82) is 0 Å². The molecular weight excluding hydrogens is 396 g/mol. The number of likely N-dealkylation sites (N-methyl/N-ethyl adjacent to an activating group) is 1. The Morgan fingerprint density at radius 1 is 1.19 bits per heavy atom. The Balaban J connectivity index is 1.90. The van der Waals surface area contributed by atoms with E-state index in [2.05, 4.69) is 21.2 Å². The van der Waals surface area contributed by atoms with Crippen LogP contribution >= 0.6 is 15.9 Å². The number of methoxy groups -OCH3 is 1. The molecule has 2 aromatic rings. The number of rotatable bonds is 6. The van der Waals surface area contributed by atoms with Gasteiger partial charge in [0.15, 0.2) is 0 Å². The van der Waals surface area contributed by atoms with Crippen LogP contribution in [-0.2, 0) is 9.59 Å². The average molecular weight is 417 g/mol.